The summed E-state index contributed by atoms with van der Waals surface area (Å²) in [6, 6.07) is 1.57. The van der Waals surface area contributed by atoms with Gasteiger partial charge in [-0.1, -0.05) is 42.1 Å². The number of hydrogen-bond donors (Lipinski definition) is 1. The zero-order chi connectivity index (χ0) is 77.5. The highest BCUT2D eigenvalue weighted by Gasteiger charge is 2.32. The zero-order valence-electron chi connectivity index (χ0n) is 61.0. The fourth-order valence-electron chi connectivity index (χ4n) is 6.17. The summed E-state index contributed by atoms with van der Waals surface area (Å²) in [6.45, 7) is 44.9. The highest BCUT2D eigenvalue weighted by atomic mass is 35.5. The molecule has 103 heavy (non-hydrogen) atoms. The summed E-state index contributed by atoms with van der Waals surface area (Å²) in [5.74, 6) is 119. The summed E-state index contributed by atoms with van der Waals surface area (Å²) >= 11 is 4.96. The Hall–Kier alpha value is -12.3. The molecule has 12 nitrogen and oxygen atoms in total. The van der Waals surface area contributed by atoms with Crippen molar-refractivity contribution in [1.29, 1.82) is 0 Å². The van der Waals surface area contributed by atoms with Crippen LogP contribution >= 0.6 is 11.6 Å². The van der Waals surface area contributed by atoms with Crippen molar-refractivity contribution >= 4 is 55.1 Å². The van der Waals surface area contributed by atoms with Crippen LogP contribution < -0.4 is 5.32 Å². The van der Waals surface area contributed by atoms with Crippen LogP contribution in [0, 0.1) is 284 Å². The maximum atomic E-state index is 13.0. The van der Waals surface area contributed by atoms with Crippen molar-refractivity contribution < 1.29 is 40.9 Å². The molecule has 0 aromatic rings. The Balaban J connectivity index is -0.000000445. The van der Waals surface area contributed by atoms with Crippen LogP contribution in [-0.4, -0.2) is 132 Å². The maximum absolute atomic E-state index is 13.0. The van der Waals surface area contributed by atoms with Crippen molar-refractivity contribution in [2.24, 2.45) is 0 Å². The van der Waals surface area contributed by atoms with Gasteiger partial charge in [-0.15, -0.1) is 26.3 Å². The van der Waals surface area contributed by atoms with Gasteiger partial charge in [0.25, 0.3) is 17.1 Å². The Bertz CT molecular complexity index is 4400. The van der Waals surface area contributed by atoms with Crippen LogP contribution in [0.15, 0.2) is 50.6 Å². The van der Waals surface area contributed by atoms with E-state index in [1.54, 1.807) is 37.8 Å². The van der Waals surface area contributed by atoms with E-state index in [0.717, 1.165) is 51.2 Å². The Kier molecular flexibility index (Phi) is 79.2. The first-order chi connectivity index (χ1) is 50.0. The molecular weight excluding hydrogens is 1350 g/mol. The molecule has 0 saturated heterocycles. The number of hydrogen-bond acceptors (Lipinski definition) is 10. The van der Waals surface area contributed by atoms with Crippen LogP contribution in [0.4, 0.5) is 0 Å². The fraction of sp³-hybridized carbons (Fsp3) is 0.322. The predicted octanol–water partition coefficient (Wildman–Crippen LogP) is 7.82. The van der Waals surface area contributed by atoms with E-state index in [9.17, 15) is 14.4 Å². The van der Waals surface area contributed by atoms with Crippen molar-refractivity contribution in [3.8, 4) is 284 Å². The molecule has 1 N–H and O–H groups in total. The summed E-state index contributed by atoms with van der Waals surface area (Å²) in [6.07, 6.45) is 8.39. The number of nitrogens with one attached hydrogen (secondary N) is 1. The molecule has 0 aliphatic rings. The van der Waals surface area contributed by atoms with Crippen LogP contribution in [0.2, 0.25) is 31.7 Å². The number of amides is 2. The SMILES string of the molecule is C=CCN(CC=C)C(=O)C#CC#CC#CC#CC#CC#CC#CC#CC.C=CCNCC=C.CC#CC#CC#CC#CC#CC#CC#CC#CC(=O)Cl.CC#CC#CC#CC#CC#CC#CC#CC#CC(=O)N(CCC[Si](C)(OCC)OCC)CCC[Si](C)(OCC)OCC.CCO[SiH](C)OCC. The minimum atomic E-state index is -2.28. The normalized spacial score (nSPS) is 7.44. The van der Waals surface area contributed by atoms with Crippen LogP contribution in [0.25, 0.3) is 0 Å². The molecule has 0 unspecified atom stereocenters. The lowest BCUT2D eigenvalue weighted by atomic mass is 10.3. The van der Waals surface area contributed by atoms with E-state index in [4.69, 9.17) is 38.2 Å². The second-order valence-electron chi connectivity index (χ2n) is 17.6. The standard InChI is InChI=1S/C34H41NO5Si2.C24H13NO.C18H3ClO.C6H11N.C5H14O2Si/c1-8-13-14-15-16-17-18-19-20-21-22-23-24-25-26-29-34(36)35(30-27-32-41(6,37-9-2)38-10-3)31-28-33-42(7,39-11-4)40-12-5;1-4-7-8-9-10-11-12-13-14-15-16-17-18-19-20-21-24(26)25(22-5-2)23-6-3;1-2-3-4-5-6-7-8-9-10-11-12-13-14-15-16-17-18(19)20;1-3-5-7-6-4-2;1-4-6-8(3)7-5-2/h9-12,27-28,30-33H2,1-7H3;5-6H,2-3,22-23H2,1H3;1H3;3-4,7H,1-2,5-6H2;8H,4-5H2,1-3H3. The Morgan fingerprint density at radius 1 is 0.369 bits per heavy atom. The largest absolute Gasteiger partial charge is 0.397 e. The van der Waals surface area contributed by atoms with Crippen molar-refractivity contribution in [2.45, 2.75) is 107 Å². The molecule has 0 aromatic heterocycles. The Labute approximate surface area is 627 Å². The monoisotopic (exact) mass is 1430 g/mol. The van der Waals surface area contributed by atoms with E-state index in [1.807, 2.05) is 66.2 Å². The fourth-order valence-corrected chi connectivity index (χ4v) is 12.0. The molecule has 16 heteroatoms. The Morgan fingerprint density at radius 2 is 0.602 bits per heavy atom. The average molecular weight is 1430 g/mol. The van der Waals surface area contributed by atoms with Gasteiger partial charge in [0, 0.05) is 96.7 Å². The summed E-state index contributed by atoms with van der Waals surface area (Å²) in [5, 5.41) is 2.28. The lowest BCUT2D eigenvalue weighted by molar-refractivity contribution is -0.125. The first kappa shape index (κ1) is 99.3. The molecule has 0 fully saturated rings. The van der Waals surface area contributed by atoms with E-state index in [1.165, 1.54) is 4.90 Å². The van der Waals surface area contributed by atoms with Crippen molar-refractivity contribution in [3.05, 3.63) is 50.6 Å². The number of carbonyl (C=O) groups excluding carboxylic acids is 3. The second kappa shape index (κ2) is 82.1. The van der Waals surface area contributed by atoms with Gasteiger partial charge < -0.3 is 41.7 Å². The highest BCUT2D eigenvalue weighted by molar-refractivity contribution is 6.68. The maximum Gasteiger partial charge on any atom is 0.334 e. The van der Waals surface area contributed by atoms with Gasteiger partial charge in [0.1, 0.15) is 0 Å². The third-order valence-corrected chi connectivity index (χ3v) is 17.7. The third kappa shape index (κ3) is 80.3. The molecule has 0 aliphatic heterocycles. The zero-order valence-corrected chi connectivity index (χ0v) is 64.9. The van der Waals surface area contributed by atoms with Crippen molar-refractivity contribution in [3.63, 3.8) is 0 Å². The smallest absolute Gasteiger partial charge is 0.334 e. The summed E-state index contributed by atoms with van der Waals surface area (Å²) in [5.41, 5.74) is 0. The summed E-state index contributed by atoms with van der Waals surface area (Å²) in [7, 11) is -5.76. The predicted molar refractivity (Wildman–Crippen MR) is 426 cm³/mol. The number of halogens is 1. The van der Waals surface area contributed by atoms with Gasteiger partial charge in [-0.05, 0) is 367 Å². The van der Waals surface area contributed by atoms with Gasteiger partial charge in [0.2, 0.25) is 0 Å². The lowest BCUT2D eigenvalue weighted by Gasteiger charge is -2.29. The molecule has 0 heterocycles. The van der Waals surface area contributed by atoms with E-state index in [2.05, 4.69) is 323 Å². The highest BCUT2D eigenvalue weighted by Crippen LogP contribution is 2.19. The molecule has 0 atom stereocenters. The molecule has 0 spiro atoms. The van der Waals surface area contributed by atoms with Crippen molar-refractivity contribution in [1.82, 2.24) is 15.1 Å². The second-order valence-corrected chi connectivity index (χ2v) is 26.5. The van der Waals surface area contributed by atoms with Gasteiger partial charge in [-0.25, -0.2) is 0 Å². The number of nitrogens with zero attached hydrogens (tertiary/aromatic N) is 2. The minimum Gasteiger partial charge on any atom is -0.397 e. The molecule has 0 aliphatic carbocycles. The Morgan fingerprint density at radius 3 is 0.816 bits per heavy atom. The van der Waals surface area contributed by atoms with Crippen LogP contribution in [0.5, 0.6) is 0 Å². The molecule has 0 saturated carbocycles. The molecule has 0 radical (unpaired) electrons. The van der Waals surface area contributed by atoms with Gasteiger partial charge in [-0.2, -0.15) is 0 Å². The van der Waals surface area contributed by atoms with Crippen LogP contribution in [0.3, 0.4) is 0 Å². The van der Waals surface area contributed by atoms with Gasteiger partial charge >= 0.3 is 26.4 Å². The van der Waals surface area contributed by atoms with Gasteiger partial charge in [-0.3, -0.25) is 14.4 Å². The first-order valence-corrected chi connectivity index (χ1v) is 39.1. The molecule has 2 amide bonds. The summed E-state index contributed by atoms with van der Waals surface area (Å²) in [4.78, 5) is 38.2. The van der Waals surface area contributed by atoms with E-state index < -0.39 is 31.6 Å². The molecule has 518 valence electrons. The molecule has 0 bridgehead atoms. The first-order valence-electron chi connectivity index (χ1n) is 31.5. The van der Waals surface area contributed by atoms with Gasteiger partial charge in [0.15, 0.2) is 0 Å². The lowest BCUT2D eigenvalue weighted by Crippen LogP contribution is -2.41. The van der Waals surface area contributed by atoms with E-state index >= 15 is 0 Å². The average Bonchev–Trinajstić information content (AvgIpc) is 0.919. The van der Waals surface area contributed by atoms with Crippen LogP contribution in [0.1, 0.15) is 75.2 Å². The van der Waals surface area contributed by atoms with Gasteiger partial charge in [0.05, 0.1) is 0 Å². The summed E-state index contributed by atoms with van der Waals surface area (Å²) < 4.78 is 34.2. The molecule has 0 rings (SSSR count). The van der Waals surface area contributed by atoms with Crippen molar-refractivity contribution in [2.75, 3.05) is 78.9 Å². The number of carbonyl (C=O) groups is 3. The topological polar surface area (TPSA) is 125 Å². The molecular formula is C87H82ClN3O9Si3. The minimum absolute atomic E-state index is 0.285. The quantitative estimate of drug-likeness (QED) is 0.0273. The van der Waals surface area contributed by atoms with E-state index in [0.29, 0.717) is 52.6 Å². The molecule has 0 aromatic carbocycles. The number of rotatable bonds is 28. The van der Waals surface area contributed by atoms with E-state index in [-0.39, 0.29) is 11.8 Å². The van der Waals surface area contributed by atoms with Crippen LogP contribution in [-0.2, 0) is 40.9 Å². The third-order valence-electron chi connectivity index (χ3n) is 9.88.